The lowest BCUT2D eigenvalue weighted by molar-refractivity contribution is 0.0999. The molecule has 2 fully saturated rings. The molecule has 6 rings (SSSR count). The molecule has 1 amide bonds. The average molecular weight is 535 g/mol. The number of likely N-dealkylation sites (tertiary alicyclic amines) is 1. The fourth-order valence-corrected chi connectivity index (χ4v) is 6.34. The molecule has 0 radical (unpaired) electrons. The first-order valence-electron chi connectivity index (χ1n) is 14.1. The molecule has 40 heavy (non-hydrogen) atoms. The fourth-order valence-electron chi connectivity index (χ4n) is 6.34. The summed E-state index contributed by atoms with van der Waals surface area (Å²) < 4.78 is 5.55. The third-order valence-electron chi connectivity index (χ3n) is 8.25. The number of carbonyl (C=O) groups is 1. The highest BCUT2D eigenvalue weighted by atomic mass is 16.5. The number of ether oxygens (including phenoxy) is 1. The molecule has 3 aromatic carbocycles. The second-order valence-corrected chi connectivity index (χ2v) is 10.8. The number of nitrogens with zero attached hydrogens (tertiary/aromatic N) is 4. The van der Waals surface area contributed by atoms with Gasteiger partial charge >= 0.3 is 0 Å². The maximum Gasteiger partial charge on any atom is 0.296 e. The molecular weight excluding hydrogens is 500 g/mol. The highest BCUT2D eigenvalue weighted by Gasteiger charge is 2.42. The number of amides is 1. The predicted molar refractivity (Wildman–Crippen MR) is 157 cm³/mol. The van der Waals surface area contributed by atoms with E-state index in [1.165, 1.54) is 0 Å². The van der Waals surface area contributed by atoms with Crippen molar-refractivity contribution in [3.05, 3.63) is 90.1 Å². The Kier molecular flexibility index (Phi) is 7.66. The molecule has 7 heteroatoms. The van der Waals surface area contributed by atoms with Crippen molar-refractivity contribution in [2.45, 2.75) is 25.8 Å². The SMILES string of the molecule is CCOc1ccc(-c2nc(C(=O)N=CC3C[C@@H]4CN(C(CO)c5ccccc5)C[C@@H]4C3)c3ccccc3n2)cc1. The van der Waals surface area contributed by atoms with Gasteiger partial charge in [-0.3, -0.25) is 9.69 Å². The molecule has 0 spiro atoms. The van der Waals surface area contributed by atoms with E-state index in [1.807, 2.05) is 79.9 Å². The normalized spacial score (nSPS) is 21.6. The highest BCUT2D eigenvalue weighted by Crippen LogP contribution is 2.43. The van der Waals surface area contributed by atoms with E-state index in [1.54, 1.807) is 0 Å². The average Bonchev–Trinajstić information content (AvgIpc) is 3.56. The number of aliphatic hydroxyl groups excluding tert-OH is 1. The van der Waals surface area contributed by atoms with Gasteiger partial charge in [0.15, 0.2) is 5.82 Å². The Morgan fingerprint density at radius 1 is 1.00 bits per heavy atom. The fraction of sp³-hybridized carbons (Fsp3) is 0.333. The van der Waals surface area contributed by atoms with Gasteiger partial charge in [0.1, 0.15) is 11.4 Å². The second-order valence-electron chi connectivity index (χ2n) is 10.8. The van der Waals surface area contributed by atoms with Gasteiger partial charge in [0.2, 0.25) is 0 Å². The smallest absolute Gasteiger partial charge is 0.296 e. The monoisotopic (exact) mass is 534 g/mol. The van der Waals surface area contributed by atoms with Crippen molar-refractivity contribution in [3.8, 4) is 17.1 Å². The van der Waals surface area contributed by atoms with Gasteiger partial charge in [0.05, 0.1) is 24.8 Å². The Morgan fingerprint density at radius 3 is 2.40 bits per heavy atom. The Morgan fingerprint density at radius 2 is 1.70 bits per heavy atom. The molecule has 2 unspecified atom stereocenters. The van der Waals surface area contributed by atoms with E-state index >= 15 is 0 Å². The summed E-state index contributed by atoms with van der Waals surface area (Å²) in [4.78, 5) is 29.6. The Bertz CT molecular complexity index is 1490. The van der Waals surface area contributed by atoms with Crippen LogP contribution in [-0.4, -0.2) is 58.4 Å². The first-order chi connectivity index (χ1) is 19.6. The number of aromatic nitrogens is 2. The summed E-state index contributed by atoms with van der Waals surface area (Å²) in [6.07, 6.45) is 3.86. The maximum atomic E-state index is 13.4. The highest BCUT2D eigenvalue weighted by molar-refractivity contribution is 6.07. The van der Waals surface area contributed by atoms with E-state index in [2.05, 4.69) is 27.0 Å². The molecule has 1 aliphatic carbocycles. The van der Waals surface area contributed by atoms with Crippen LogP contribution < -0.4 is 4.74 Å². The van der Waals surface area contributed by atoms with Crippen LogP contribution in [0.3, 0.4) is 0 Å². The topological polar surface area (TPSA) is 87.9 Å². The number of hydrogen-bond donors (Lipinski definition) is 1. The predicted octanol–water partition coefficient (Wildman–Crippen LogP) is 5.60. The van der Waals surface area contributed by atoms with Crippen LogP contribution in [0.2, 0.25) is 0 Å². The number of benzene rings is 3. The van der Waals surface area contributed by atoms with Crippen molar-refractivity contribution in [1.29, 1.82) is 0 Å². The minimum atomic E-state index is -0.339. The number of hydrogen-bond acceptors (Lipinski definition) is 6. The third kappa shape index (κ3) is 5.40. The summed E-state index contributed by atoms with van der Waals surface area (Å²) in [7, 11) is 0. The third-order valence-corrected chi connectivity index (χ3v) is 8.25. The first kappa shape index (κ1) is 26.3. The van der Waals surface area contributed by atoms with Gasteiger partial charge in [-0.1, -0.05) is 48.5 Å². The zero-order chi connectivity index (χ0) is 27.5. The van der Waals surface area contributed by atoms with Crippen LogP contribution in [0.25, 0.3) is 22.3 Å². The van der Waals surface area contributed by atoms with Crippen LogP contribution >= 0.6 is 0 Å². The van der Waals surface area contributed by atoms with E-state index in [0.29, 0.717) is 40.9 Å². The number of para-hydroxylation sites is 1. The summed E-state index contributed by atoms with van der Waals surface area (Å²) in [6, 6.07) is 25.4. The lowest BCUT2D eigenvalue weighted by atomic mass is 10.0. The summed E-state index contributed by atoms with van der Waals surface area (Å²) >= 11 is 0. The molecule has 204 valence electrons. The van der Waals surface area contributed by atoms with Gasteiger partial charge in [0.25, 0.3) is 5.91 Å². The standard InChI is InChI=1S/C33H34N4O3/c1-2-40-27-14-12-24(13-15-27)32-35-29-11-7-6-10-28(29)31(36-32)33(39)34-18-22-16-25-19-37(20-26(25)17-22)30(21-38)23-8-4-3-5-9-23/h3-15,18,22,25-26,30,38H,2,16-17,19-21H2,1H3/t22?,25-,26+,30?. The van der Waals surface area contributed by atoms with Crippen LogP contribution in [0.15, 0.2) is 83.9 Å². The van der Waals surface area contributed by atoms with Gasteiger partial charge < -0.3 is 9.84 Å². The largest absolute Gasteiger partial charge is 0.494 e. The van der Waals surface area contributed by atoms with E-state index < -0.39 is 0 Å². The molecule has 0 bridgehead atoms. The number of aliphatic hydroxyl groups is 1. The van der Waals surface area contributed by atoms with Crippen LogP contribution in [0.5, 0.6) is 5.75 Å². The Balaban J connectivity index is 1.16. The quantitative estimate of drug-likeness (QED) is 0.296. The maximum absolute atomic E-state index is 13.4. The molecule has 4 aromatic rings. The molecule has 1 aliphatic heterocycles. The van der Waals surface area contributed by atoms with E-state index in [4.69, 9.17) is 9.72 Å². The van der Waals surface area contributed by atoms with Crippen molar-refractivity contribution < 1.29 is 14.6 Å². The molecular formula is C33H34N4O3. The first-order valence-corrected chi connectivity index (χ1v) is 14.1. The number of rotatable bonds is 8. The summed E-state index contributed by atoms with van der Waals surface area (Å²) in [5.74, 6) is 2.31. The van der Waals surface area contributed by atoms with Crippen molar-refractivity contribution in [2.24, 2.45) is 22.7 Å². The number of aliphatic imine (C=N–C) groups is 1. The number of fused-ring (bicyclic) bond motifs is 2. The molecule has 1 saturated heterocycles. The van der Waals surface area contributed by atoms with Gasteiger partial charge in [-0.15, -0.1) is 0 Å². The van der Waals surface area contributed by atoms with Crippen molar-refractivity contribution in [1.82, 2.24) is 14.9 Å². The molecule has 2 heterocycles. The summed E-state index contributed by atoms with van der Waals surface area (Å²) in [5, 5.41) is 10.8. The number of carbonyl (C=O) groups excluding carboxylic acids is 1. The molecule has 7 nitrogen and oxygen atoms in total. The van der Waals surface area contributed by atoms with Crippen molar-refractivity contribution >= 4 is 23.0 Å². The van der Waals surface area contributed by atoms with Crippen molar-refractivity contribution in [2.75, 3.05) is 26.3 Å². The minimum absolute atomic E-state index is 0.0381. The summed E-state index contributed by atoms with van der Waals surface area (Å²) in [6.45, 7) is 4.59. The Labute approximate surface area is 234 Å². The van der Waals surface area contributed by atoms with E-state index in [9.17, 15) is 9.90 Å². The van der Waals surface area contributed by atoms with Crippen LogP contribution in [0, 0.1) is 17.8 Å². The van der Waals surface area contributed by atoms with Crippen LogP contribution in [0.4, 0.5) is 0 Å². The van der Waals surface area contributed by atoms with Gasteiger partial charge in [-0.2, -0.15) is 0 Å². The van der Waals surface area contributed by atoms with Crippen molar-refractivity contribution in [3.63, 3.8) is 0 Å². The van der Waals surface area contributed by atoms with Gasteiger partial charge in [-0.05, 0) is 73.4 Å². The second kappa shape index (κ2) is 11.7. The molecule has 1 N–H and O–H groups in total. The molecule has 2 aliphatic rings. The lowest BCUT2D eigenvalue weighted by Gasteiger charge is -2.27. The van der Waals surface area contributed by atoms with E-state index in [-0.39, 0.29) is 24.5 Å². The van der Waals surface area contributed by atoms with E-state index in [0.717, 1.165) is 42.8 Å². The minimum Gasteiger partial charge on any atom is -0.494 e. The summed E-state index contributed by atoms with van der Waals surface area (Å²) in [5.41, 5.74) is 3.02. The zero-order valence-electron chi connectivity index (χ0n) is 22.7. The molecule has 1 saturated carbocycles. The van der Waals surface area contributed by atoms with Gasteiger partial charge in [-0.25, -0.2) is 15.0 Å². The zero-order valence-corrected chi connectivity index (χ0v) is 22.7. The lowest BCUT2D eigenvalue weighted by Crippen LogP contribution is -2.30. The molecule has 1 aromatic heterocycles. The van der Waals surface area contributed by atoms with Crippen LogP contribution in [0.1, 0.15) is 41.9 Å². The Hall–Kier alpha value is -3.94. The van der Waals surface area contributed by atoms with Crippen LogP contribution in [-0.2, 0) is 0 Å². The molecule has 4 atom stereocenters. The van der Waals surface area contributed by atoms with Gasteiger partial charge in [0, 0.05) is 30.3 Å².